The summed E-state index contributed by atoms with van der Waals surface area (Å²) in [7, 11) is 1.31. The maximum absolute atomic E-state index is 13.9. The third-order valence-corrected chi connectivity index (χ3v) is 6.62. The van der Waals surface area contributed by atoms with Gasteiger partial charge in [0.1, 0.15) is 5.76 Å². The van der Waals surface area contributed by atoms with Gasteiger partial charge < -0.3 is 13.8 Å². The molecule has 0 N–H and O–H groups in total. The van der Waals surface area contributed by atoms with Crippen molar-refractivity contribution in [1.82, 2.24) is 14.7 Å². The first-order valence-corrected chi connectivity index (χ1v) is 11.5. The van der Waals surface area contributed by atoms with Crippen molar-refractivity contribution in [3.63, 3.8) is 0 Å². The normalized spacial score (nSPS) is 17.3. The zero-order valence-electron chi connectivity index (χ0n) is 21.8. The number of carbonyl (C=O) groups is 1. The standard InChI is InChI=1S/C27H27F2N3O3/c1-16-24(17(2)35-31-16)21-12-23-25(30-13-21)22(19-4-6-20(7-5-19)26(33)34-3)15-32(23)14-18-8-10-27(28,29)11-9-18/h4-7,12-13,15,18H,8-11,14H2,1-3H3/i14D2. The van der Waals surface area contributed by atoms with Crippen LogP contribution in [-0.2, 0) is 11.2 Å². The zero-order chi connectivity index (χ0) is 26.5. The molecule has 6 nitrogen and oxygen atoms in total. The van der Waals surface area contributed by atoms with E-state index in [4.69, 9.17) is 17.0 Å². The lowest BCUT2D eigenvalue weighted by Gasteiger charge is -2.28. The Bertz CT molecular complexity index is 1450. The Balaban J connectivity index is 1.66. The van der Waals surface area contributed by atoms with E-state index >= 15 is 0 Å². The minimum Gasteiger partial charge on any atom is -0.465 e. The van der Waals surface area contributed by atoms with Crippen LogP contribution in [0, 0.1) is 19.8 Å². The summed E-state index contributed by atoms with van der Waals surface area (Å²) in [5, 5.41) is 4.02. The molecule has 4 aromatic rings. The van der Waals surface area contributed by atoms with Gasteiger partial charge in [0.25, 0.3) is 0 Å². The number of carbonyl (C=O) groups excluding carboxylic acids is 1. The number of hydrogen-bond acceptors (Lipinski definition) is 5. The van der Waals surface area contributed by atoms with Crippen LogP contribution in [0.5, 0.6) is 0 Å². The third-order valence-electron chi connectivity index (χ3n) is 6.62. The second-order valence-corrected chi connectivity index (χ2v) is 9.03. The molecule has 0 atom stereocenters. The van der Waals surface area contributed by atoms with Gasteiger partial charge in [-0.3, -0.25) is 4.98 Å². The Morgan fingerprint density at radius 3 is 2.57 bits per heavy atom. The molecule has 0 unspecified atom stereocenters. The number of rotatable bonds is 5. The number of aromatic nitrogens is 3. The van der Waals surface area contributed by atoms with Crippen LogP contribution in [0.4, 0.5) is 8.78 Å². The largest absolute Gasteiger partial charge is 0.465 e. The summed E-state index contributed by atoms with van der Waals surface area (Å²) >= 11 is 0. The quantitative estimate of drug-likeness (QED) is 0.301. The SMILES string of the molecule is [2H]C([2H])(C1CCC(F)(F)CC1)n1cc(-c2ccc(C(=O)OC)cc2)c2ncc(-c3c(C)noc3C)cc21. The fraction of sp³-hybridized carbons (Fsp3) is 0.370. The number of benzene rings is 1. The van der Waals surface area contributed by atoms with Gasteiger partial charge in [-0.05, 0) is 56.4 Å². The molecule has 3 heterocycles. The average molecular weight is 482 g/mol. The fourth-order valence-corrected chi connectivity index (χ4v) is 4.72. The van der Waals surface area contributed by atoms with Gasteiger partial charge >= 0.3 is 5.97 Å². The number of nitrogens with zero attached hydrogens (tertiary/aromatic N) is 3. The molecule has 3 aromatic heterocycles. The average Bonchev–Trinajstić information content (AvgIpc) is 3.42. The van der Waals surface area contributed by atoms with Gasteiger partial charge in [-0.25, -0.2) is 13.6 Å². The van der Waals surface area contributed by atoms with Gasteiger partial charge in [0, 0.05) is 48.4 Å². The van der Waals surface area contributed by atoms with Crippen LogP contribution in [0.15, 0.2) is 47.2 Å². The molecular formula is C27H27F2N3O3. The molecule has 1 fully saturated rings. The van der Waals surface area contributed by atoms with E-state index in [0.29, 0.717) is 33.6 Å². The molecule has 0 aliphatic heterocycles. The number of methoxy groups -OCH3 is 1. The molecule has 0 radical (unpaired) electrons. The summed E-state index contributed by atoms with van der Waals surface area (Å²) in [6, 6.07) is 8.63. The molecule has 0 bridgehead atoms. The maximum atomic E-state index is 13.9. The van der Waals surface area contributed by atoms with Crippen molar-refractivity contribution in [2.75, 3.05) is 7.11 Å². The molecule has 1 saturated carbocycles. The first-order valence-electron chi connectivity index (χ1n) is 12.5. The number of alkyl halides is 2. The van der Waals surface area contributed by atoms with Gasteiger partial charge in [0.2, 0.25) is 5.92 Å². The van der Waals surface area contributed by atoms with Crippen LogP contribution in [-0.4, -0.2) is 33.7 Å². The van der Waals surface area contributed by atoms with E-state index in [0.717, 1.165) is 16.7 Å². The summed E-state index contributed by atoms with van der Waals surface area (Å²) in [6.45, 7) is 1.69. The molecule has 1 aliphatic rings. The van der Waals surface area contributed by atoms with Crippen molar-refractivity contribution < 1.29 is 25.6 Å². The van der Waals surface area contributed by atoms with Crippen molar-refractivity contribution in [3.8, 4) is 22.3 Å². The summed E-state index contributed by atoms with van der Waals surface area (Å²) in [5.74, 6) is -3.18. The second-order valence-electron chi connectivity index (χ2n) is 9.03. The van der Waals surface area contributed by atoms with E-state index in [9.17, 15) is 13.6 Å². The van der Waals surface area contributed by atoms with Crippen molar-refractivity contribution in [2.24, 2.45) is 5.92 Å². The fourth-order valence-electron chi connectivity index (χ4n) is 4.72. The molecule has 1 aliphatic carbocycles. The van der Waals surface area contributed by atoms with E-state index in [1.54, 1.807) is 43.6 Å². The van der Waals surface area contributed by atoms with E-state index in [2.05, 4.69) is 5.16 Å². The molecule has 0 amide bonds. The van der Waals surface area contributed by atoms with Crippen LogP contribution in [0.1, 0.15) is 50.2 Å². The number of fused-ring (bicyclic) bond motifs is 1. The van der Waals surface area contributed by atoms with Gasteiger partial charge in [-0.1, -0.05) is 17.3 Å². The lowest BCUT2D eigenvalue weighted by Crippen LogP contribution is -2.26. The van der Waals surface area contributed by atoms with Crippen LogP contribution < -0.4 is 0 Å². The van der Waals surface area contributed by atoms with Crippen molar-refractivity contribution in [3.05, 3.63) is 59.7 Å². The highest BCUT2D eigenvalue weighted by molar-refractivity contribution is 5.96. The van der Waals surface area contributed by atoms with Crippen molar-refractivity contribution >= 4 is 17.0 Å². The summed E-state index contributed by atoms with van der Waals surface area (Å²) in [5.41, 5.74) is 5.08. The Labute approximate surface area is 204 Å². The Hall–Kier alpha value is -3.55. The third kappa shape index (κ3) is 4.45. The number of aryl methyl sites for hydroxylation is 2. The number of ether oxygens (including phenoxy) is 1. The molecular weight excluding hydrogens is 452 g/mol. The number of halogens is 2. The predicted octanol–water partition coefficient (Wildman–Crippen LogP) is 6.59. The first-order chi connectivity index (χ1) is 17.5. The van der Waals surface area contributed by atoms with Gasteiger partial charge in [0.15, 0.2) is 0 Å². The minimum absolute atomic E-state index is 0.0832. The lowest BCUT2D eigenvalue weighted by atomic mass is 9.87. The van der Waals surface area contributed by atoms with E-state index in [1.807, 2.05) is 13.0 Å². The highest BCUT2D eigenvalue weighted by atomic mass is 19.3. The topological polar surface area (TPSA) is 70.2 Å². The van der Waals surface area contributed by atoms with Gasteiger partial charge in [-0.15, -0.1) is 0 Å². The van der Waals surface area contributed by atoms with E-state index < -0.39 is 24.3 Å². The second kappa shape index (κ2) is 8.91. The maximum Gasteiger partial charge on any atom is 0.337 e. The molecule has 0 spiro atoms. The number of pyridine rings is 1. The van der Waals surface area contributed by atoms with Crippen LogP contribution in [0.2, 0.25) is 0 Å². The first kappa shape index (κ1) is 20.8. The molecule has 1 aromatic carbocycles. The summed E-state index contributed by atoms with van der Waals surface area (Å²) in [4.78, 5) is 16.6. The van der Waals surface area contributed by atoms with Gasteiger partial charge in [-0.2, -0.15) is 0 Å². The monoisotopic (exact) mass is 481 g/mol. The molecule has 182 valence electrons. The predicted molar refractivity (Wildman–Crippen MR) is 128 cm³/mol. The molecule has 5 rings (SSSR count). The van der Waals surface area contributed by atoms with E-state index in [1.165, 1.54) is 11.7 Å². The Kier molecular flexibility index (Phi) is 5.29. The number of hydrogen-bond donors (Lipinski definition) is 0. The number of esters is 1. The van der Waals surface area contributed by atoms with Crippen LogP contribution in [0.25, 0.3) is 33.3 Å². The highest BCUT2D eigenvalue weighted by Gasteiger charge is 2.35. The zero-order valence-corrected chi connectivity index (χ0v) is 19.8. The molecule has 0 saturated heterocycles. The van der Waals surface area contributed by atoms with Crippen LogP contribution in [0.3, 0.4) is 0 Å². The molecule has 8 heteroatoms. The Morgan fingerprint density at radius 2 is 1.94 bits per heavy atom. The Morgan fingerprint density at radius 1 is 1.23 bits per heavy atom. The van der Waals surface area contributed by atoms with E-state index in [-0.39, 0.29) is 25.7 Å². The van der Waals surface area contributed by atoms with Crippen molar-refractivity contribution in [2.45, 2.75) is 52.0 Å². The highest BCUT2D eigenvalue weighted by Crippen LogP contribution is 2.39. The minimum atomic E-state index is -2.75. The summed E-state index contributed by atoms with van der Waals surface area (Å²) in [6.07, 6.45) is 2.89. The van der Waals surface area contributed by atoms with Crippen molar-refractivity contribution in [1.29, 1.82) is 0 Å². The summed E-state index contributed by atoms with van der Waals surface area (Å²) < 4.78 is 57.5. The smallest absolute Gasteiger partial charge is 0.337 e. The van der Waals surface area contributed by atoms with Gasteiger partial charge in [0.05, 0.1) is 32.1 Å². The van der Waals surface area contributed by atoms with Crippen LogP contribution >= 0.6 is 0 Å². The molecule has 35 heavy (non-hydrogen) atoms. The lowest BCUT2D eigenvalue weighted by molar-refractivity contribution is -0.0472.